The molecule has 3 atom stereocenters. The fourth-order valence-corrected chi connectivity index (χ4v) is 8.49. The fourth-order valence-electron chi connectivity index (χ4n) is 6.18. The summed E-state index contributed by atoms with van der Waals surface area (Å²) >= 11 is 3.40. The highest BCUT2D eigenvalue weighted by Gasteiger charge is 2.68. The maximum atomic E-state index is 13.0. The molecule has 7 rings (SSSR count). The zero-order valence-corrected chi connectivity index (χ0v) is 18.9. The van der Waals surface area contributed by atoms with Gasteiger partial charge in [0.1, 0.15) is 47.2 Å². The van der Waals surface area contributed by atoms with Crippen LogP contribution in [0.5, 0.6) is 0 Å². The van der Waals surface area contributed by atoms with E-state index in [0.717, 1.165) is 68.5 Å². The van der Waals surface area contributed by atoms with Crippen LogP contribution in [-0.4, -0.2) is 63.7 Å². The highest BCUT2D eigenvalue weighted by atomic mass is 32.1. The predicted molar refractivity (Wildman–Crippen MR) is 127 cm³/mol. The van der Waals surface area contributed by atoms with Crippen molar-refractivity contribution in [3.05, 3.63) is 28.9 Å². The van der Waals surface area contributed by atoms with Gasteiger partial charge in [-0.2, -0.15) is 0 Å². The van der Waals surface area contributed by atoms with Crippen LogP contribution in [0.4, 0.5) is 5.00 Å². The standard InChI is InChI=1S/C22H24N6OS2.2H2/c29-19(5-8-28-11-13-1-2-14(12-28)27(13)28)26-22-20(15-3-6-24-10-18(15)31-22)21-25-16-9-23-7-4-17(16)30-21;;/h4,7,9,13-14,24H,1-3,5-6,8,10-12H2;2*1H/p+1/t13-,14+,28?;;. The van der Waals surface area contributed by atoms with E-state index in [0.29, 0.717) is 6.42 Å². The molecule has 7 nitrogen and oxygen atoms in total. The first-order valence-electron chi connectivity index (χ1n) is 11.2. The number of aromatic nitrogens is 2. The van der Waals surface area contributed by atoms with Crippen molar-refractivity contribution in [2.45, 2.75) is 44.3 Å². The third-order valence-corrected chi connectivity index (χ3v) is 9.71. The van der Waals surface area contributed by atoms with Crippen LogP contribution in [-0.2, 0) is 17.8 Å². The SMILES string of the molecule is O=C(CC[N+]12C[C@H]3CC[C@@H](C1)N32)Nc1sc2c(c1-c1nc3cnccc3s1)CCNC2.[HH].[HH]. The fraction of sp³-hybridized carbons (Fsp3) is 0.500. The van der Waals surface area contributed by atoms with Gasteiger partial charge >= 0.3 is 0 Å². The number of carbonyl (C=O) groups excluding carboxylic acids is 1. The van der Waals surface area contributed by atoms with Crippen LogP contribution in [0.3, 0.4) is 0 Å². The molecule has 3 aromatic rings. The van der Waals surface area contributed by atoms with Crippen LogP contribution in [0, 0.1) is 0 Å². The van der Waals surface area contributed by atoms with E-state index in [1.54, 1.807) is 22.7 Å². The van der Waals surface area contributed by atoms with Crippen molar-refractivity contribution >= 4 is 43.8 Å². The average molecular weight is 458 g/mol. The summed E-state index contributed by atoms with van der Waals surface area (Å²) in [6.45, 7) is 5.26. The van der Waals surface area contributed by atoms with Crippen molar-refractivity contribution in [2.75, 3.05) is 31.5 Å². The van der Waals surface area contributed by atoms with E-state index >= 15 is 0 Å². The van der Waals surface area contributed by atoms with Gasteiger partial charge in [-0.3, -0.25) is 9.78 Å². The van der Waals surface area contributed by atoms with E-state index in [1.165, 1.54) is 36.4 Å². The van der Waals surface area contributed by atoms with Crippen LogP contribution >= 0.6 is 22.7 Å². The van der Waals surface area contributed by atoms with Crippen LogP contribution in [0.1, 0.15) is 32.6 Å². The van der Waals surface area contributed by atoms with Crippen molar-refractivity contribution < 1.29 is 12.2 Å². The molecule has 164 valence electrons. The minimum absolute atomic E-state index is 0. The Hall–Kier alpha value is -1.91. The molecule has 1 unspecified atom stereocenters. The lowest BCUT2D eigenvalue weighted by Gasteiger charge is -2.65. The molecule has 0 saturated carbocycles. The molecule has 9 heteroatoms. The smallest absolute Gasteiger partial charge is 0.230 e. The van der Waals surface area contributed by atoms with Crippen molar-refractivity contribution in [2.24, 2.45) is 0 Å². The van der Waals surface area contributed by atoms with E-state index in [1.807, 2.05) is 18.5 Å². The Morgan fingerprint density at radius 2 is 2.19 bits per heavy atom. The number of amides is 1. The first-order chi connectivity index (χ1) is 15.2. The molecular weight excluding hydrogens is 428 g/mol. The molecule has 0 aliphatic carbocycles. The van der Waals surface area contributed by atoms with Gasteiger partial charge in [-0.25, -0.2) is 9.58 Å². The summed E-state index contributed by atoms with van der Waals surface area (Å²) in [4.78, 5) is 23.4. The molecule has 3 saturated heterocycles. The van der Waals surface area contributed by atoms with E-state index in [-0.39, 0.29) is 8.76 Å². The lowest BCUT2D eigenvalue weighted by Crippen LogP contribution is -2.87. The van der Waals surface area contributed by atoms with Gasteiger partial charge in [-0.1, -0.05) is 0 Å². The highest BCUT2D eigenvalue weighted by Crippen LogP contribution is 2.49. The quantitative estimate of drug-likeness (QED) is 0.574. The third-order valence-electron chi connectivity index (χ3n) is 7.51. The number of thiazole rings is 1. The Kier molecular flexibility index (Phi) is 4.08. The van der Waals surface area contributed by atoms with Crippen LogP contribution in [0.15, 0.2) is 18.5 Å². The number of hydrogen-bond acceptors (Lipinski definition) is 7. The molecule has 2 N–H and O–H groups in total. The molecule has 0 aromatic carbocycles. The first-order valence-corrected chi connectivity index (χ1v) is 12.8. The maximum Gasteiger partial charge on any atom is 0.230 e. The number of nitrogens with one attached hydrogen (secondary N) is 2. The molecule has 3 aromatic heterocycles. The normalized spacial score (nSPS) is 28.6. The van der Waals surface area contributed by atoms with Gasteiger partial charge in [0.25, 0.3) is 0 Å². The number of carbonyl (C=O) groups is 1. The summed E-state index contributed by atoms with van der Waals surface area (Å²) in [6, 6.07) is 3.60. The molecular formula is C22H29N6OS2+. The summed E-state index contributed by atoms with van der Waals surface area (Å²) in [5, 5.41) is 11.4. The topological polar surface area (TPSA) is 70.2 Å². The highest BCUT2D eigenvalue weighted by molar-refractivity contribution is 7.22. The van der Waals surface area contributed by atoms with Crippen molar-refractivity contribution in [1.82, 2.24) is 20.3 Å². The molecule has 0 spiro atoms. The Morgan fingerprint density at radius 3 is 3.03 bits per heavy atom. The lowest BCUT2D eigenvalue weighted by atomic mass is 10.0. The number of thiophene rings is 1. The van der Waals surface area contributed by atoms with Gasteiger partial charge in [-0.15, -0.1) is 27.7 Å². The Labute approximate surface area is 191 Å². The number of hydrogen-bond donors (Lipinski definition) is 2. The van der Waals surface area contributed by atoms with Crippen molar-refractivity contribution in [1.29, 1.82) is 0 Å². The first kappa shape index (κ1) is 18.6. The maximum absolute atomic E-state index is 13.0. The number of rotatable bonds is 5. The van der Waals surface area contributed by atoms with Gasteiger partial charge in [0.15, 0.2) is 0 Å². The van der Waals surface area contributed by atoms with Gasteiger partial charge in [0.05, 0.1) is 17.3 Å². The molecule has 7 heterocycles. The van der Waals surface area contributed by atoms with Gasteiger partial charge in [0, 0.05) is 26.0 Å². The number of nitrogens with zero attached hydrogens (tertiary/aromatic N) is 4. The molecule has 1 amide bonds. The second kappa shape index (κ2) is 6.79. The van der Waals surface area contributed by atoms with Gasteiger partial charge < -0.3 is 10.6 Å². The Morgan fingerprint density at radius 1 is 1.32 bits per heavy atom. The second-order valence-electron chi connectivity index (χ2n) is 9.24. The summed E-state index contributed by atoms with van der Waals surface area (Å²) < 4.78 is 2.20. The number of piperazine rings is 1. The van der Waals surface area contributed by atoms with Crippen LogP contribution < -0.4 is 10.6 Å². The number of quaternary nitrogens is 1. The van der Waals surface area contributed by atoms with Crippen molar-refractivity contribution in [3.63, 3.8) is 0 Å². The van der Waals surface area contributed by atoms with Crippen molar-refractivity contribution in [3.8, 4) is 10.6 Å². The molecule has 0 bridgehead atoms. The Bertz CT molecular complexity index is 1170. The molecule has 3 fully saturated rings. The Balaban J connectivity index is 0.00000114. The van der Waals surface area contributed by atoms with Crippen LogP contribution in [0.2, 0.25) is 0 Å². The van der Waals surface area contributed by atoms with E-state index in [4.69, 9.17) is 4.98 Å². The minimum atomic E-state index is 0. The predicted octanol–water partition coefficient (Wildman–Crippen LogP) is 3.48. The van der Waals surface area contributed by atoms with Gasteiger partial charge in [-0.05, 0) is 37.4 Å². The number of pyridine rings is 1. The van der Waals surface area contributed by atoms with E-state index in [9.17, 15) is 4.79 Å². The molecule has 31 heavy (non-hydrogen) atoms. The monoisotopic (exact) mass is 457 g/mol. The van der Waals surface area contributed by atoms with Crippen LogP contribution in [0.25, 0.3) is 20.8 Å². The molecule has 4 aliphatic heterocycles. The largest absolute Gasteiger partial charge is 0.317 e. The zero-order valence-electron chi connectivity index (χ0n) is 17.3. The summed E-state index contributed by atoms with van der Waals surface area (Å²) in [5.74, 6) is 0.134. The summed E-state index contributed by atoms with van der Waals surface area (Å²) in [7, 11) is 0. The molecule has 4 aliphatic rings. The van der Waals surface area contributed by atoms with E-state index in [2.05, 4.69) is 20.6 Å². The zero-order chi connectivity index (χ0) is 20.6. The van der Waals surface area contributed by atoms with Gasteiger partial charge in [0.2, 0.25) is 5.91 Å². The minimum Gasteiger partial charge on any atom is -0.317 e. The summed E-state index contributed by atoms with van der Waals surface area (Å²) in [5.41, 5.74) is 3.41. The average Bonchev–Trinajstić information content (AvgIpc) is 3.36. The third kappa shape index (κ3) is 2.77. The second-order valence-corrected chi connectivity index (χ2v) is 11.4. The summed E-state index contributed by atoms with van der Waals surface area (Å²) in [6.07, 6.45) is 7.90. The number of anilines is 1. The molecule has 0 radical (unpaired) electrons. The number of fused-ring (bicyclic) bond motifs is 2. The van der Waals surface area contributed by atoms with E-state index < -0.39 is 0 Å². The lowest BCUT2D eigenvalue weighted by molar-refractivity contribution is -1.13.